The van der Waals surface area contributed by atoms with Crippen molar-refractivity contribution in [1.82, 2.24) is 19.9 Å². The number of likely N-dealkylation sites (tertiary alicyclic amines) is 1. The summed E-state index contributed by atoms with van der Waals surface area (Å²) >= 11 is 0. The molecule has 2 fully saturated rings. The Hall–Kier alpha value is -3.03. The molecule has 1 saturated heterocycles. The molecule has 1 aliphatic carbocycles. The number of aromatic nitrogens is 3. The van der Waals surface area contributed by atoms with Gasteiger partial charge in [0.15, 0.2) is 5.82 Å². The smallest absolute Gasteiger partial charge is 0.255 e. The maximum atomic E-state index is 13.2. The van der Waals surface area contributed by atoms with Crippen molar-refractivity contribution >= 4 is 17.6 Å². The topological polar surface area (TPSA) is 99.3 Å². The third-order valence-electron chi connectivity index (χ3n) is 7.36. The van der Waals surface area contributed by atoms with E-state index in [4.69, 9.17) is 9.97 Å². The second-order valence-corrected chi connectivity index (χ2v) is 9.58. The third kappa shape index (κ3) is 4.30. The molecular formula is C25H31N5O3. The Labute approximate surface area is 193 Å². The summed E-state index contributed by atoms with van der Waals surface area (Å²) < 4.78 is 0. The van der Waals surface area contributed by atoms with Gasteiger partial charge in [-0.3, -0.25) is 19.3 Å². The van der Waals surface area contributed by atoms with Gasteiger partial charge in [-0.2, -0.15) is 0 Å². The number of fused-ring (bicyclic) bond motifs is 1. The molecule has 4 heterocycles. The van der Waals surface area contributed by atoms with Crippen molar-refractivity contribution in [3.63, 3.8) is 0 Å². The molecule has 0 radical (unpaired) electrons. The van der Waals surface area contributed by atoms with Crippen LogP contribution in [0, 0.1) is 12.8 Å². The predicted molar refractivity (Wildman–Crippen MR) is 124 cm³/mol. The van der Waals surface area contributed by atoms with Crippen LogP contribution in [0.4, 0.5) is 5.82 Å². The van der Waals surface area contributed by atoms with Crippen LogP contribution in [0.5, 0.6) is 0 Å². The van der Waals surface area contributed by atoms with Crippen molar-refractivity contribution < 1.29 is 9.59 Å². The van der Waals surface area contributed by atoms with E-state index in [2.05, 4.69) is 4.98 Å². The fraction of sp³-hybridized carbons (Fsp3) is 0.560. The highest BCUT2D eigenvalue weighted by atomic mass is 16.2. The summed E-state index contributed by atoms with van der Waals surface area (Å²) in [5.41, 5.74) is 2.18. The maximum absolute atomic E-state index is 13.2. The van der Waals surface area contributed by atoms with Crippen LogP contribution in [-0.4, -0.2) is 44.8 Å². The molecule has 1 unspecified atom stereocenters. The molecule has 1 saturated carbocycles. The largest absolute Gasteiger partial charge is 0.328 e. The van der Waals surface area contributed by atoms with Gasteiger partial charge in [0.05, 0.1) is 11.6 Å². The van der Waals surface area contributed by atoms with Crippen molar-refractivity contribution in [2.45, 2.75) is 70.8 Å². The second kappa shape index (κ2) is 9.08. The first kappa shape index (κ1) is 21.8. The summed E-state index contributed by atoms with van der Waals surface area (Å²) in [7, 11) is 0. The number of anilines is 1. The minimum absolute atomic E-state index is 0.136. The van der Waals surface area contributed by atoms with E-state index in [1.807, 2.05) is 11.8 Å². The molecule has 2 aromatic heterocycles. The van der Waals surface area contributed by atoms with E-state index in [1.54, 1.807) is 11.0 Å². The van der Waals surface area contributed by atoms with E-state index in [0.29, 0.717) is 36.7 Å². The van der Waals surface area contributed by atoms with Crippen molar-refractivity contribution in [1.29, 1.82) is 0 Å². The summed E-state index contributed by atoms with van der Waals surface area (Å²) in [6.07, 6.45) is 10.4. The van der Waals surface area contributed by atoms with E-state index in [0.717, 1.165) is 36.5 Å². The van der Waals surface area contributed by atoms with Crippen LogP contribution < -0.4 is 10.5 Å². The number of rotatable bonds is 4. The number of amides is 2. The van der Waals surface area contributed by atoms with Gasteiger partial charge in [-0.05, 0) is 51.0 Å². The number of pyridine rings is 1. The Balaban J connectivity index is 1.45. The van der Waals surface area contributed by atoms with Crippen LogP contribution in [0.2, 0.25) is 0 Å². The second-order valence-electron chi connectivity index (χ2n) is 9.58. The Bertz CT molecular complexity index is 1100. The third-order valence-corrected chi connectivity index (χ3v) is 7.36. The van der Waals surface area contributed by atoms with Gasteiger partial charge in [-0.1, -0.05) is 19.3 Å². The predicted octanol–water partition coefficient (Wildman–Crippen LogP) is 3.31. The molecule has 1 atom stereocenters. The van der Waals surface area contributed by atoms with E-state index in [-0.39, 0.29) is 23.4 Å². The van der Waals surface area contributed by atoms with Gasteiger partial charge >= 0.3 is 0 Å². The maximum Gasteiger partial charge on any atom is 0.255 e. The summed E-state index contributed by atoms with van der Waals surface area (Å²) in [5, 5.41) is 0. The zero-order valence-electron chi connectivity index (χ0n) is 19.2. The molecule has 2 aromatic rings. The molecule has 2 amide bonds. The molecule has 8 heteroatoms. The average molecular weight is 450 g/mol. The molecule has 5 rings (SSSR count). The molecule has 33 heavy (non-hydrogen) atoms. The molecular weight excluding hydrogens is 418 g/mol. The highest BCUT2D eigenvalue weighted by Crippen LogP contribution is 2.36. The quantitative estimate of drug-likeness (QED) is 0.772. The number of carbonyl (C=O) groups excluding carboxylic acids is 2. The van der Waals surface area contributed by atoms with E-state index >= 15 is 0 Å². The van der Waals surface area contributed by atoms with Crippen LogP contribution in [-0.2, 0) is 11.2 Å². The highest BCUT2D eigenvalue weighted by molar-refractivity contribution is 5.96. The average Bonchev–Trinajstić information content (AvgIpc) is 3.31. The molecule has 0 aromatic carbocycles. The summed E-state index contributed by atoms with van der Waals surface area (Å²) in [6.45, 7) is 3.33. The standard InChI is InChI=1S/C25H31N5O3/c1-16-19-10-12-22(32)30(15-17-6-3-2-4-7-17)24(19)28-23(27-16)20-8-5-13-29(20)25(33)18-9-11-21(31)26-14-18/h9,11,14,17,20H,2-8,10,12-13,15H2,1H3,(H,26,31). The van der Waals surface area contributed by atoms with Crippen molar-refractivity contribution in [3.05, 3.63) is 51.3 Å². The van der Waals surface area contributed by atoms with Gasteiger partial charge in [-0.25, -0.2) is 9.97 Å². The first-order chi connectivity index (χ1) is 16.0. The molecule has 0 bridgehead atoms. The number of aromatic amines is 1. The number of aryl methyl sites for hydroxylation is 1. The highest BCUT2D eigenvalue weighted by Gasteiger charge is 2.36. The molecule has 1 N–H and O–H groups in total. The first-order valence-corrected chi connectivity index (χ1v) is 12.2. The van der Waals surface area contributed by atoms with Gasteiger partial charge in [-0.15, -0.1) is 0 Å². The number of nitrogens with zero attached hydrogens (tertiary/aromatic N) is 4. The zero-order chi connectivity index (χ0) is 22.9. The number of hydrogen-bond acceptors (Lipinski definition) is 5. The lowest BCUT2D eigenvalue weighted by atomic mass is 9.88. The van der Waals surface area contributed by atoms with Crippen LogP contribution >= 0.6 is 0 Å². The number of H-pyrrole nitrogens is 1. The molecule has 8 nitrogen and oxygen atoms in total. The number of carbonyl (C=O) groups is 2. The Morgan fingerprint density at radius 2 is 1.88 bits per heavy atom. The van der Waals surface area contributed by atoms with Gasteiger partial charge in [0.1, 0.15) is 5.82 Å². The number of hydrogen-bond donors (Lipinski definition) is 1. The van der Waals surface area contributed by atoms with Gasteiger partial charge < -0.3 is 9.88 Å². The van der Waals surface area contributed by atoms with Crippen LogP contribution in [0.3, 0.4) is 0 Å². The molecule has 2 aliphatic heterocycles. The van der Waals surface area contributed by atoms with E-state index < -0.39 is 0 Å². The fourth-order valence-electron chi connectivity index (χ4n) is 5.56. The summed E-state index contributed by atoms with van der Waals surface area (Å²) in [5.74, 6) is 1.90. The van der Waals surface area contributed by atoms with Gasteiger partial charge in [0.2, 0.25) is 11.5 Å². The van der Waals surface area contributed by atoms with E-state index in [1.165, 1.54) is 44.4 Å². The minimum atomic E-state index is -0.235. The first-order valence-electron chi connectivity index (χ1n) is 12.2. The SMILES string of the molecule is Cc1nc(C2CCCN2C(=O)c2ccc(=O)[nH]c2)nc2c1CCC(=O)N2CC1CCCCC1. The molecule has 3 aliphatic rings. The Morgan fingerprint density at radius 1 is 1.06 bits per heavy atom. The lowest BCUT2D eigenvalue weighted by Crippen LogP contribution is -2.41. The Morgan fingerprint density at radius 3 is 2.64 bits per heavy atom. The normalized spacial score (nSPS) is 21.4. The number of nitrogens with one attached hydrogen (secondary N) is 1. The molecule has 174 valence electrons. The summed E-state index contributed by atoms with van der Waals surface area (Å²) in [6, 6.07) is 2.69. The summed E-state index contributed by atoms with van der Waals surface area (Å²) in [4.78, 5) is 53.5. The van der Waals surface area contributed by atoms with Crippen LogP contribution in [0.1, 0.15) is 84.8 Å². The fourth-order valence-corrected chi connectivity index (χ4v) is 5.56. The Kier molecular flexibility index (Phi) is 6.00. The minimum Gasteiger partial charge on any atom is -0.328 e. The van der Waals surface area contributed by atoms with Crippen LogP contribution in [0.15, 0.2) is 23.1 Å². The van der Waals surface area contributed by atoms with Crippen molar-refractivity contribution in [3.8, 4) is 0 Å². The van der Waals surface area contributed by atoms with Crippen LogP contribution in [0.25, 0.3) is 0 Å². The lowest BCUT2D eigenvalue weighted by Gasteiger charge is -2.34. The van der Waals surface area contributed by atoms with Gasteiger partial charge in [0.25, 0.3) is 5.91 Å². The van der Waals surface area contributed by atoms with Crippen molar-refractivity contribution in [2.75, 3.05) is 18.0 Å². The molecule has 0 spiro atoms. The monoisotopic (exact) mass is 449 g/mol. The lowest BCUT2D eigenvalue weighted by molar-refractivity contribution is -0.119. The zero-order valence-corrected chi connectivity index (χ0v) is 19.2. The van der Waals surface area contributed by atoms with E-state index in [9.17, 15) is 14.4 Å². The van der Waals surface area contributed by atoms with Gasteiger partial charge in [0, 0.05) is 43.0 Å². The van der Waals surface area contributed by atoms with Crippen molar-refractivity contribution in [2.24, 2.45) is 5.92 Å².